The van der Waals surface area contributed by atoms with E-state index in [1.807, 2.05) is 31.2 Å². The number of nitrogens with zero attached hydrogens (tertiary/aromatic N) is 5. The average molecular weight is 977 g/mol. The van der Waals surface area contributed by atoms with Gasteiger partial charge in [-0.1, -0.05) is 41.4 Å². The van der Waals surface area contributed by atoms with Crippen molar-refractivity contribution in [2.75, 3.05) is 13.1 Å². The van der Waals surface area contributed by atoms with Gasteiger partial charge in [-0.3, -0.25) is 24.5 Å². The fraction of sp³-hybridized carbons (Fsp3) is 0.260. The molecule has 0 aliphatic heterocycles. The molecule has 17 nitrogen and oxygen atoms in total. The minimum atomic E-state index is -1.12. The smallest absolute Gasteiger partial charge is 0.306 e. The van der Waals surface area contributed by atoms with Crippen LogP contribution in [-0.2, 0) is 49.1 Å². The van der Waals surface area contributed by atoms with E-state index in [1.54, 1.807) is 61.2 Å². The van der Waals surface area contributed by atoms with E-state index >= 15 is 0 Å². The summed E-state index contributed by atoms with van der Waals surface area (Å²) in [5, 5.41) is 63.5. The van der Waals surface area contributed by atoms with Crippen molar-refractivity contribution in [3.05, 3.63) is 158 Å². The lowest BCUT2D eigenvalue weighted by molar-refractivity contribution is -0.140. The molecular formula is C50H47Cl2N7O10. The highest BCUT2D eigenvalue weighted by atomic mass is 35.5. The Kier molecular flexibility index (Phi) is 18.6. The van der Waals surface area contributed by atoms with Gasteiger partial charge in [-0.2, -0.15) is 10.5 Å². The molecular weight excluding hydrogens is 929 g/mol. The minimum Gasteiger partial charge on any atom is -0.488 e. The van der Waals surface area contributed by atoms with E-state index in [1.165, 1.54) is 12.4 Å². The van der Waals surface area contributed by atoms with Crippen molar-refractivity contribution in [2.45, 2.75) is 71.5 Å². The van der Waals surface area contributed by atoms with Crippen LogP contribution in [0.3, 0.4) is 0 Å². The molecule has 19 heteroatoms. The molecule has 3 aromatic heterocycles. The fourth-order valence-corrected chi connectivity index (χ4v) is 7.45. The number of ether oxygens (including phenoxy) is 4. The van der Waals surface area contributed by atoms with Gasteiger partial charge in [0.1, 0.15) is 61.6 Å². The molecule has 6 rings (SSSR count). The van der Waals surface area contributed by atoms with Gasteiger partial charge in [0.05, 0.1) is 46.2 Å². The first kappa shape index (κ1) is 51.0. The Hall–Kier alpha value is -7.35. The lowest BCUT2D eigenvalue weighted by Gasteiger charge is -2.18. The predicted octanol–water partition coefficient (Wildman–Crippen LogP) is 7.06. The van der Waals surface area contributed by atoms with Crippen LogP contribution in [-0.4, -0.2) is 72.6 Å². The number of benzene rings is 3. The molecule has 3 aromatic carbocycles. The molecule has 0 unspecified atom stereocenters. The molecule has 3 heterocycles. The predicted molar refractivity (Wildman–Crippen MR) is 252 cm³/mol. The number of carboxylic acid groups (broad SMARTS) is 2. The Morgan fingerprint density at radius 2 is 1.06 bits per heavy atom. The molecule has 0 aliphatic rings. The zero-order chi connectivity index (χ0) is 49.3. The zero-order valence-corrected chi connectivity index (χ0v) is 38.7. The molecule has 6 N–H and O–H groups in total. The van der Waals surface area contributed by atoms with Gasteiger partial charge in [-0.25, -0.2) is 0 Å². The van der Waals surface area contributed by atoms with Gasteiger partial charge in [0.15, 0.2) is 0 Å². The summed E-state index contributed by atoms with van der Waals surface area (Å²) in [6.07, 6.45) is 6.47. The average Bonchev–Trinajstić information content (AvgIpc) is 3.32. The normalized spacial score (nSPS) is 11.8. The summed E-state index contributed by atoms with van der Waals surface area (Å²) in [5.41, 5.74) is 7.56. The van der Waals surface area contributed by atoms with E-state index in [2.05, 4.69) is 37.7 Å². The summed E-state index contributed by atoms with van der Waals surface area (Å²) in [6, 6.07) is 21.9. The Balaban J connectivity index is 1.16. The third-order valence-corrected chi connectivity index (χ3v) is 11.0. The molecule has 0 saturated heterocycles. The maximum atomic E-state index is 11.0. The molecule has 0 radical (unpaired) electrons. The molecule has 356 valence electrons. The van der Waals surface area contributed by atoms with Crippen LogP contribution in [0.15, 0.2) is 97.8 Å². The van der Waals surface area contributed by atoms with E-state index in [-0.39, 0.29) is 57.6 Å². The van der Waals surface area contributed by atoms with Crippen LogP contribution in [0, 0.1) is 29.6 Å². The van der Waals surface area contributed by atoms with E-state index < -0.39 is 37.0 Å². The fourth-order valence-electron chi connectivity index (χ4n) is 6.97. The number of hydrogen-bond acceptors (Lipinski definition) is 15. The third kappa shape index (κ3) is 15.3. The Morgan fingerprint density at radius 3 is 1.54 bits per heavy atom. The van der Waals surface area contributed by atoms with Crippen LogP contribution in [0.4, 0.5) is 0 Å². The maximum Gasteiger partial charge on any atom is 0.306 e. The second-order valence-corrected chi connectivity index (χ2v) is 16.6. The quantitative estimate of drug-likeness (QED) is 0.0335. The van der Waals surface area contributed by atoms with Crippen LogP contribution < -0.4 is 29.6 Å². The highest BCUT2D eigenvalue weighted by Crippen LogP contribution is 2.36. The SMILES string of the molecule is Cc1c(COc2cc(OCc3cncc(C#N)c3)c(CNC[C@@H](O)CC(=O)O)cc2Cl)cccc1-c1cncc(COc2cc(OCc3cncc(C#N)c3)c(CNC[C@@H](O)CC(=O)O)cc2Cl)c1. The maximum absolute atomic E-state index is 11.0. The van der Waals surface area contributed by atoms with Crippen molar-refractivity contribution in [3.63, 3.8) is 0 Å². The van der Waals surface area contributed by atoms with Crippen LogP contribution >= 0.6 is 23.2 Å². The third-order valence-electron chi connectivity index (χ3n) is 10.4. The summed E-state index contributed by atoms with van der Waals surface area (Å²) in [4.78, 5) is 34.8. The topological polar surface area (TPSA) is 262 Å². The molecule has 0 fully saturated rings. The van der Waals surface area contributed by atoms with Crippen LogP contribution in [0.1, 0.15) is 62.9 Å². The number of carboxylic acids is 2. The number of nitriles is 2. The van der Waals surface area contributed by atoms with Gasteiger partial charge >= 0.3 is 11.9 Å². The first-order valence-corrected chi connectivity index (χ1v) is 22.1. The zero-order valence-electron chi connectivity index (χ0n) is 37.2. The van der Waals surface area contributed by atoms with Crippen molar-refractivity contribution in [2.24, 2.45) is 0 Å². The standard InChI is InChI=1S/C50H47Cl2N7O10/c1-30-36(29-69-48-13-46(67-27-34-6-32(15-54)17-56-19-34)39(9-44(48)52)23-59-25-41(61)11-50(64)65)3-2-4-42(30)37-7-35(20-57-21-37)28-68-47-12-45(66-26-33-5-31(14-53)16-55-18-33)38(8-43(47)51)22-58-24-40(60)10-49(62)63/h2-9,12-13,16-21,40-41,58-61H,10-11,22-29H2,1H3,(H,62,63)(H,64,65)/t40-,41-/m0/s1. The second kappa shape index (κ2) is 25.1. The number of aliphatic hydroxyl groups is 2. The number of aliphatic carboxylic acids is 2. The molecule has 0 amide bonds. The van der Waals surface area contributed by atoms with Gasteiger partial charge in [0.2, 0.25) is 0 Å². The van der Waals surface area contributed by atoms with Gasteiger partial charge < -0.3 is 50.0 Å². The van der Waals surface area contributed by atoms with Crippen LogP contribution in [0.25, 0.3) is 11.1 Å². The number of rotatable bonds is 25. The van der Waals surface area contributed by atoms with Gasteiger partial charge in [0, 0.05) is 109 Å². The molecule has 0 aliphatic carbocycles. The lowest BCUT2D eigenvalue weighted by atomic mass is 9.97. The van der Waals surface area contributed by atoms with E-state index in [0.717, 1.165) is 27.8 Å². The van der Waals surface area contributed by atoms with Crippen LogP contribution in [0.5, 0.6) is 23.0 Å². The number of aromatic nitrogens is 3. The molecule has 6 aromatic rings. The van der Waals surface area contributed by atoms with Crippen molar-refractivity contribution in [1.29, 1.82) is 10.5 Å². The summed E-state index contributed by atoms with van der Waals surface area (Å²) >= 11 is 13.5. The number of halogens is 2. The Labute approximate surface area is 407 Å². The van der Waals surface area contributed by atoms with E-state index in [4.69, 9.17) is 52.4 Å². The molecule has 0 bridgehead atoms. The largest absolute Gasteiger partial charge is 0.488 e. The number of hydrogen-bond donors (Lipinski definition) is 6. The van der Waals surface area contributed by atoms with Crippen LogP contribution in [0.2, 0.25) is 10.0 Å². The highest BCUT2D eigenvalue weighted by molar-refractivity contribution is 6.32. The molecule has 2 atom stereocenters. The number of carbonyl (C=O) groups is 2. The molecule has 69 heavy (non-hydrogen) atoms. The second-order valence-electron chi connectivity index (χ2n) is 15.8. The van der Waals surface area contributed by atoms with Gasteiger partial charge in [-0.05, 0) is 53.9 Å². The monoisotopic (exact) mass is 975 g/mol. The Bertz CT molecular complexity index is 2860. The van der Waals surface area contributed by atoms with Crippen molar-refractivity contribution in [1.82, 2.24) is 25.6 Å². The van der Waals surface area contributed by atoms with Crippen molar-refractivity contribution < 1.29 is 49.0 Å². The van der Waals surface area contributed by atoms with Gasteiger partial charge in [0.25, 0.3) is 0 Å². The lowest BCUT2D eigenvalue weighted by Crippen LogP contribution is -2.28. The van der Waals surface area contributed by atoms with E-state index in [0.29, 0.717) is 61.4 Å². The number of aliphatic hydroxyl groups excluding tert-OH is 2. The highest BCUT2D eigenvalue weighted by Gasteiger charge is 2.18. The molecule has 0 spiro atoms. The number of pyridine rings is 3. The van der Waals surface area contributed by atoms with E-state index in [9.17, 15) is 30.3 Å². The first-order valence-electron chi connectivity index (χ1n) is 21.4. The van der Waals surface area contributed by atoms with Crippen molar-refractivity contribution >= 4 is 35.1 Å². The summed E-state index contributed by atoms with van der Waals surface area (Å²) in [7, 11) is 0. The van der Waals surface area contributed by atoms with Gasteiger partial charge in [-0.15, -0.1) is 0 Å². The summed E-state index contributed by atoms with van der Waals surface area (Å²) in [6.45, 7) is 2.76. The summed E-state index contributed by atoms with van der Waals surface area (Å²) in [5.74, 6) is -0.757. The first-order chi connectivity index (χ1) is 33.3. The minimum absolute atomic E-state index is 0.0141. The summed E-state index contributed by atoms with van der Waals surface area (Å²) < 4.78 is 24.9. The Morgan fingerprint density at radius 1 is 0.609 bits per heavy atom. The van der Waals surface area contributed by atoms with Crippen molar-refractivity contribution in [3.8, 4) is 46.3 Å². The molecule has 0 saturated carbocycles. The number of nitrogens with one attached hydrogen (secondary N) is 2.